The molecule has 0 spiro atoms. The van der Waals surface area contributed by atoms with Gasteiger partial charge in [0.15, 0.2) is 0 Å². The predicted molar refractivity (Wildman–Crippen MR) is 87.0 cm³/mol. The Morgan fingerprint density at radius 1 is 1.10 bits per heavy atom. The van der Waals surface area contributed by atoms with E-state index in [-0.39, 0.29) is 0 Å². The Kier molecular flexibility index (Phi) is 5.62. The summed E-state index contributed by atoms with van der Waals surface area (Å²) in [5.74, 6) is 0.951. The van der Waals surface area contributed by atoms with E-state index in [0.717, 1.165) is 28.9 Å². The third-order valence-corrected chi connectivity index (χ3v) is 3.90. The Bertz CT molecular complexity index is 569. The van der Waals surface area contributed by atoms with E-state index in [1.165, 1.54) is 11.1 Å². The molecule has 1 N–H and O–H groups in total. The van der Waals surface area contributed by atoms with E-state index >= 15 is 0 Å². The van der Waals surface area contributed by atoms with Crippen LogP contribution in [0.5, 0.6) is 5.75 Å². The van der Waals surface area contributed by atoms with Gasteiger partial charge in [0.05, 0.1) is 0 Å². The maximum Gasteiger partial charge on any atom is 0.124 e. The molecular weight excluding hydrogens is 314 g/mol. The highest BCUT2D eigenvalue weighted by Crippen LogP contribution is 2.23. The standard InChI is InChI=1S/C17H20BrNO/c1-3-19-11-15-10-13(2)8-9-17(15)20-12-14-6-4-5-7-16(14)18/h4-10,19H,3,11-12H2,1-2H3. The van der Waals surface area contributed by atoms with Crippen molar-refractivity contribution in [2.24, 2.45) is 0 Å². The van der Waals surface area contributed by atoms with Gasteiger partial charge >= 0.3 is 0 Å². The van der Waals surface area contributed by atoms with E-state index in [0.29, 0.717) is 6.61 Å². The molecule has 0 atom stereocenters. The SMILES string of the molecule is CCNCc1cc(C)ccc1OCc1ccccc1Br. The Balaban J connectivity index is 2.10. The topological polar surface area (TPSA) is 21.3 Å². The molecule has 0 aliphatic rings. The number of aryl methyl sites for hydroxylation is 1. The van der Waals surface area contributed by atoms with Gasteiger partial charge in [0.25, 0.3) is 0 Å². The molecule has 0 bridgehead atoms. The number of ether oxygens (including phenoxy) is 1. The van der Waals surface area contributed by atoms with Gasteiger partial charge in [-0.25, -0.2) is 0 Å². The van der Waals surface area contributed by atoms with Gasteiger partial charge in [-0.2, -0.15) is 0 Å². The summed E-state index contributed by atoms with van der Waals surface area (Å²) >= 11 is 3.55. The molecule has 2 rings (SSSR count). The minimum atomic E-state index is 0.573. The summed E-state index contributed by atoms with van der Waals surface area (Å²) in [6, 6.07) is 14.5. The van der Waals surface area contributed by atoms with Gasteiger partial charge in [0, 0.05) is 22.1 Å². The fourth-order valence-corrected chi connectivity index (χ4v) is 2.42. The maximum absolute atomic E-state index is 5.99. The van der Waals surface area contributed by atoms with Gasteiger partial charge in [-0.15, -0.1) is 0 Å². The van der Waals surface area contributed by atoms with Crippen molar-refractivity contribution < 1.29 is 4.74 Å². The first-order valence-corrected chi connectivity index (χ1v) is 7.66. The van der Waals surface area contributed by atoms with Crippen molar-refractivity contribution in [1.29, 1.82) is 0 Å². The Morgan fingerprint density at radius 3 is 2.65 bits per heavy atom. The third-order valence-electron chi connectivity index (χ3n) is 3.12. The Labute approximate surface area is 129 Å². The molecule has 0 unspecified atom stereocenters. The minimum Gasteiger partial charge on any atom is -0.489 e. The third kappa shape index (κ3) is 4.09. The average molecular weight is 334 g/mol. The van der Waals surface area contributed by atoms with Gasteiger partial charge < -0.3 is 10.1 Å². The van der Waals surface area contributed by atoms with Crippen LogP contribution in [0, 0.1) is 6.92 Å². The van der Waals surface area contributed by atoms with Crippen LogP contribution >= 0.6 is 15.9 Å². The highest BCUT2D eigenvalue weighted by Gasteiger charge is 2.05. The van der Waals surface area contributed by atoms with E-state index in [4.69, 9.17) is 4.74 Å². The molecule has 0 fully saturated rings. The molecule has 2 nitrogen and oxygen atoms in total. The molecule has 2 aromatic carbocycles. The quantitative estimate of drug-likeness (QED) is 0.843. The molecule has 3 heteroatoms. The largest absolute Gasteiger partial charge is 0.489 e. The van der Waals surface area contributed by atoms with Gasteiger partial charge in [-0.1, -0.05) is 58.7 Å². The molecule has 106 valence electrons. The Morgan fingerprint density at radius 2 is 1.90 bits per heavy atom. The second-order valence-electron chi connectivity index (χ2n) is 4.77. The molecule has 0 aromatic heterocycles. The maximum atomic E-state index is 5.99. The molecule has 0 saturated heterocycles. The number of hydrogen-bond donors (Lipinski definition) is 1. The van der Waals surface area contributed by atoms with Gasteiger partial charge in [0.2, 0.25) is 0 Å². The zero-order chi connectivity index (χ0) is 14.4. The molecule has 0 amide bonds. The summed E-state index contributed by atoms with van der Waals surface area (Å²) < 4.78 is 7.07. The number of rotatable bonds is 6. The highest BCUT2D eigenvalue weighted by atomic mass is 79.9. The summed E-state index contributed by atoms with van der Waals surface area (Å²) in [5.41, 5.74) is 3.62. The lowest BCUT2D eigenvalue weighted by atomic mass is 10.1. The fourth-order valence-electron chi connectivity index (χ4n) is 2.02. The molecule has 0 heterocycles. The Hall–Kier alpha value is -1.32. The number of nitrogens with one attached hydrogen (secondary N) is 1. The first-order valence-electron chi connectivity index (χ1n) is 6.87. The zero-order valence-corrected chi connectivity index (χ0v) is 13.5. The van der Waals surface area contributed by atoms with Gasteiger partial charge in [0.1, 0.15) is 12.4 Å². The fraction of sp³-hybridized carbons (Fsp3) is 0.294. The normalized spacial score (nSPS) is 10.6. The summed E-state index contributed by atoms with van der Waals surface area (Å²) in [7, 11) is 0. The van der Waals surface area contributed by atoms with E-state index < -0.39 is 0 Å². The lowest BCUT2D eigenvalue weighted by Gasteiger charge is -2.13. The van der Waals surface area contributed by atoms with Crippen molar-refractivity contribution in [2.45, 2.75) is 27.0 Å². The van der Waals surface area contributed by atoms with E-state index in [9.17, 15) is 0 Å². The van der Waals surface area contributed by atoms with Crippen LogP contribution in [0.4, 0.5) is 0 Å². The van der Waals surface area contributed by atoms with Gasteiger partial charge in [-0.3, -0.25) is 0 Å². The smallest absolute Gasteiger partial charge is 0.124 e. The lowest BCUT2D eigenvalue weighted by molar-refractivity contribution is 0.301. The van der Waals surface area contributed by atoms with Crippen molar-refractivity contribution >= 4 is 15.9 Å². The molecule has 0 aliphatic carbocycles. The van der Waals surface area contributed by atoms with Crippen LogP contribution in [-0.2, 0) is 13.2 Å². The van der Waals surface area contributed by atoms with Crippen molar-refractivity contribution in [1.82, 2.24) is 5.32 Å². The van der Waals surface area contributed by atoms with Crippen LogP contribution < -0.4 is 10.1 Å². The lowest BCUT2D eigenvalue weighted by Crippen LogP contribution is -2.13. The molecule has 20 heavy (non-hydrogen) atoms. The number of benzene rings is 2. The van der Waals surface area contributed by atoms with Crippen LogP contribution in [0.25, 0.3) is 0 Å². The van der Waals surface area contributed by atoms with Crippen LogP contribution in [0.15, 0.2) is 46.9 Å². The first-order chi connectivity index (χ1) is 9.70. The van der Waals surface area contributed by atoms with Crippen molar-refractivity contribution in [3.8, 4) is 5.75 Å². The summed E-state index contributed by atoms with van der Waals surface area (Å²) in [6.45, 7) is 6.58. The average Bonchev–Trinajstić information content (AvgIpc) is 2.45. The number of halogens is 1. The van der Waals surface area contributed by atoms with Crippen molar-refractivity contribution in [3.05, 3.63) is 63.6 Å². The zero-order valence-electron chi connectivity index (χ0n) is 11.9. The predicted octanol–water partition coefficient (Wildman–Crippen LogP) is 4.45. The van der Waals surface area contributed by atoms with Gasteiger partial charge in [-0.05, 0) is 25.6 Å². The van der Waals surface area contributed by atoms with Crippen LogP contribution in [0.1, 0.15) is 23.6 Å². The van der Waals surface area contributed by atoms with Crippen LogP contribution in [-0.4, -0.2) is 6.54 Å². The molecule has 2 aromatic rings. The van der Waals surface area contributed by atoms with Crippen LogP contribution in [0.3, 0.4) is 0 Å². The monoisotopic (exact) mass is 333 g/mol. The van der Waals surface area contributed by atoms with Crippen LogP contribution in [0.2, 0.25) is 0 Å². The summed E-state index contributed by atoms with van der Waals surface area (Å²) in [6.07, 6.45) is 0. The van der Waals surface area contributed by atoms with Crippen molar-refractivity contribution in [3.63, 3.8) is 0 Å². The highest BCUT2D eigenvalue weighted by molar-refractivity contribution is 9.10. The molecule has 0 saturated carbocycles. The van der Waals surface area contributed by atoms with Crippen molar-refractivity contribution in [2.75, 3.05) is 6.54 Å². The molecular formula is C17H20BrNO. The first kappa shape index (κ1) is 15.1. The van der Waals surface area contributed by atoms with E-state index in [1.807, 2.05) is 18.2 Å². The van der Waals surface area contributed by atoms with E-state index in [1.54, 1.807) is 0 Å². The second kappa shape index (κ2) is 7.46. The molecule has 0 radical (unpaired) electrons. The molecule has 0 aliphatic heterocycles. The second-order valence-corrected chi connectivity index (χ2v) is 5.63. The summed E-state index contributed by atoms with van der Waals surface area (Å²) in [4.78, 5) is 0. The minimum absolute atomic E-state index is 0.573. The summed E-state index contributed by atoms with van der Waals surface area (Å²) in [5, 5.41) is 3.35. The number of hydrogen-bond acceptors (Lipinski definition) is 2. The van der Waals surface area contributed by atoms with E-state index in [2.05, 4.69) is 59.4 Å².